The van der Waals surface area contributed by atoms with Gasteiger partial charge in [-0.2, -0.15) is 0 Å². The standard InChI is InChI=1S/C12H16BrNO2/c1-12(2,3)9(15)7-8-5-6-10(16-4)14-11(8)13/h5-6H,7H2,1-4H3. The highest BCUT2D eigenvalue weighted by atomic mass is 79.9. The monoisotopic (exact) mass is 285 g/mol. The molecular weight excluding hydrogens is 270 g/mol. The van der Waals surface area contributed by atoms with E-state index in [-0.39, 0.29) is 11.2 Å². The molecule has 0 aromatic carbocycles. The molecule has 88 valence electrons. The second-order valence-electron chi connectivity index (χ2n) is 4.65. The number of carbonyl (C=O) groups is 1. The van der Waals surface area contributed by atoms with E-state index in [9.17, 15) is 4.79 Å². The van der Waals surface area contributed by atoms with Gasteiger partial charge in [0.25, 0.3) is 0 Å². The number of halogens is 1. The third-order valence-corrected chi connectivity index (χ3v) is 2.98. The molecule has 0 aliphatic carbocycles. The number of hydrogen-bond donors (Lipinski definition) is 0. The van der Waals surface area contributed by atoms with Crippen LogP contribution in [0.5, 0.6) is 5.88 Å². The maximum atomic E-state index is 11.9. The van der Waals surface area contributed by atoms with Gasteiger partial charge in [-0.15, -0.1) is 0 Å². The molecule has 0 radical (unpaired) electrons. The van der Waals surface area contributed by atoms with Crippen molar-refractivity contribution in [3.05, 3.63) is 22.3 Å². The summed E-state index contributed by atoms with van der Waals surface area (Å²) in [7, 11) is 1.56. The highest BCUT2D eigenvalue weighted by molar-refractivity contribution is 9.10. The Balaban J connectivity index is 2.87. The zero-order valence-electron chi connectivity index (χ0n) is 10.0. The third-order valence-electron chi connectivity index (χ3n) is 2.30. The summed E-state index contributed by atoms with van der Waals surface area (Å²) in [5.41, 5.74) is 0.569. The molecule has 0 N–H and O–H groups in total. The zero-order valence-corrected chi connectivity index (χ0v) is 11.6. The Labute approximate surface area is 104 Å². The summed E-state index contributed by atoms with van der Waals surface area (Å²) in [6.45, 7) is 5.75. The van der Waals surface area contributed by atoms with Crippen molar-refractivity contribution >= 4 is 21.7 Å². The first-order chi connectivity index (χ1) is 7.34. The molecule has 16 heavy (non-hydrogen) atoms. The molecule has 3 nitrogen and oxygen atoms in total. The van der Waals surface area contributed by atoms with Crippen LogP contribution in [0.4, 0.5) is 0 Å². The van der Waals surface area contributed by atoms with Gasteiger partial charge in [0.2, 0.25) is 5.88 Å². The summed E-state index contributed by atoms with van der Waals surface area (Å²) in [5.74, 6) is 0.735. The van der Waals surface area contributed by atoms with Crippen LogP contribution >= 0.6 is 15.9 Å². The lowest BCUT2D eigenvalue weighted by Gasteiger charge is -2.16. The van der Waals surface area contributed by atoms with Gasteiger partial charge in [-0.1, -0.05) is 26.8 Å². The Morgan fingerprint density at radius 3 is 2.50 bits per heavy atom. The Morgan fingerprint density at radius 1 is 1.44 bits per heavy atom. The second kappa shape index (κ2) is 4.95. The molecule has 0 saturated carbocycles. The van der Waals surface area contributed by atoms with Gasteiger partial charge in [-0.3, -0.25) is 4.79 Å². The summed E-state index contributed by atoms with van der Waals surface area (Å²) in [4.78, 5) is 16.0. The van der Waals surface area contributed by atoms with Crippen LogP contribution in [0.25, 0.3) is 0 Å². The van der Waals surface area contributed by atoms with Crippen molar-refractivity contribution in [2.75, 3.05) is 7.11 Å². The molecule has 0 saturated heterocycles. The Morgan fingerprint density at radius 2 is 2.06 bits per heavy atom. The summed E-state index contributed by atoms with van der Waals surface area (Å²) >= 11 is 3.34. The van der Waals surface area contributed by atoms with Crippen LogP contribution in [-0.2, 0) is 11.2 Å². The predicted octanol–water partition coefficient (Wildman–Crippen LogP) is 3.01. The number of hydrogen-bond acceptors (Lipinski definition) is 3. The molecule has 1 heterocycles. The highest BCUT2D eigenvalue weighted by Gasteiger charge is 2.22. The van der Waals surface area contributed by atoms with Crippen molar-refractivity contribution in [3.8, 4) is 5.88 Å². The van der Waals surface area contributed by atoms with Crippen molar-refractivity contribution in [2.45, 2.75) is 27.2 Å². The van der Waals surface area contributed by atoms with E-state index in [2.05, 4.69) is 20.9 Å². The van der Waals surface area contributed by atoms with Crippen LogP contribution in [0, 0.1) is 5.41 Å². The number of methoxy groups -OCH3 is 1. The molecule has 1 aromatic heterocycles. The molecule has 4 heteroatoms. The summed E-state index contributed by atoms with van der Waals surface area (Å²) in [5, 5.41) is 0. The van der Waals surface area contributed by atoms with E-state index in [1.54, 1.807) is 13.2 Å². The lowest BCUT2D eigenvalue weighted by atomic mass is 9.87. The van der Waals surface area contributed by atoms with Crippen LogP contribution < -0.4 is 4.74 Å². The van der Waals surface area contributed by atoms with Gasteiger partial charge in [0.15, 0.2) is 0 Å². The lowest BCUT2D eigenvalue weighted by Crippen LogP contribution is -2.22. The van der Waals surface area contributed by atoms with E-state index in [1.165, 1.54) is 0 Å². The average molecular weight is 286 g/mol. The molecule has 0 fully saturated rings. The van der Waals surface area contributed by atoms with E-state index in [0.717, 1.165) is 5.56 Å². The van der Waals surface area contributed by atoms with E-state index in [0.29, 0.717) is 16.9 Å². The van der Waals surface area contributed by atoms with Gasteiger partial charge < -0.3 is 4.74 Å². The molecule has 0 bridgehead atoms. The molecule has 1 rings (SSSR count). The van der Waals surface area contributed by atoms with E-state index in [1.807, 2.05) is 26.8 Å². The first-order valence-corrected chi connectivity index (χ1v) is 5.86. The fraction of sp³-hybridized carbons (Fsp3) is 0.500. The maximum Gasteiger partial charge on any atom is 0.214 e. The number of rotatable bonds is 3. The van der Waals surface area contributed by atoms with E-state index < -0.39 is 0 Å². The number of aromatic nitrogens is 1. The molecule has 0 unspecified atom stereocenters. The number of pyridine rings is 1. The Kier molecular flexibility index (Phi) is 4.08. The van der Waals surface area contributed by atoms with Crippen molar-refractivity contribution in [2.24, 2.45) is 5.41 Å². The zero-order chi connectivity index (χ0) is 12.3. The third kappa shape index (κ3) is 3.30. The smallest absolute Gasteiger partial charge is 0.214 e. The summed E-state index contributed by atoms with van der Waals surface area (Å²) < 4.78 is 5.67. The second-order valence-corrected chi connectivity index (χ2v) is 5.40. The van der Waals surface area contributed by atoms with Crippen LogP contribution in [-0.4, -0.2) is 17.9 Å². The van der Waals surface area contributed by atoms with Gasteiger partial charge in [-0.05, 0) is 21.5 Å². The molecule has 1 aromatic rings. The first-order valence-electron chi connectivity index (χ1n) is 5.07. The quantitative estimate of drug-likeness (QED) is 0.802. The largest absolute Gasteiger partial charge is 0.481 e. The lowest BCUT2D eigenvalue weighted by molar-refractivity contribution is -0.125. The number of ether oxygens (including phenoxy) is 1. The normalized spacial score (nSPS) is 11.3. The number of ketones is 1. The number of nitrogens with zero attached hydrogens (tertiary/aromatic N) is 1. The topological polar surface area (TPSA) is 39.2 Å². The highest BCUT2D eigenvalue weighted by Crippen LogP contribution is 2.23. The summed E-state index contributed by atoms with van der Waals surface area (Å²) in [6.07, 6.45) is 0.390. The van der Waals surface area contributed by atoms with Crippen molar-refractivity contribution in [1.82, 2.24) is 4.98 Å². The van der Waals surface area contributed by atoms with E-state index >= 15 is 0 Å². The Hall–Kier alpha value is -0.900. The average Bonchev–Trinajstić information content (AvgIpc) is 2.19. The minimum atomic E-state index is -0.320. The summed E-state index contributed by atoms with van der Waals surface area (Å²) in [6, 6.07) is 3.62. The van der Waals surface area contributed by atoms with Crippen molar-refractivity contribution < 1.29 is 9.53 Å². The van der Waals surface area contributed by atoms with Gasteiger partial charge in [0.1, 0.15) is 10.4 Å². The van der Waals surface area contributed by atoms with Gasteiger partial charge in [0.05, 0.1) is 7.11 Å². The predicted molar refractivity (Wildman–Crippen MR) is 66.7 cm³/mol. The van der Waals surface area contributed by atoms with Crippen LogP contribution in [0.3, 0.4) is 0 Å². The number of Topliss-reactive ketones (excluding diaryl/α,β-unsaturated/α-hetero) is 1. The molecule has 0 aliphatic rings. The van der Waals surface area contributed by atoms with Crippen LogP contribution in [0.1, 0.15) is 26.3 Å². The van der Waals surface area contributed by atoms with E-state index in [4.69, 9.17) is 4.74 Å². The molecular formula is C12H16BrNO2. The van der Waals surface area contributed by atoms with Crippen LogP contribution in [0.15, 0.2) is 16.7 Å². The molecule has 0 amide bonds. The fourth-order valence-corrected chi connectivity index (χ4v) is 1.58. The fourth-order valence-electron chi connectivity index (χ4n) is 1.13. The first kappa shape index (κ1) is 13.2. The minimum Gasteiger partial charge on any atom is -0.481 e. The van der Waals surface area contributed by atoms with Crippen molar-refractivity contribution in [1.29, 1.82) is 0 Å². The maximum absolute atomic E-state index is 11.9. The van der Waals surface area contributed by atoms with Gasteiger partial charge in [0, 0.05) is 17.9 Å². The molecule has 0 aliphatic heterocycles. The van der Waals surface area contributed by atoms with Gasteiger partial charge >= 0.3 is 0 Å². The number of carbonyl (C=O) groups excluding carboxylic acids is 1. The SMILES string of the molecule is COc1ccc(CC(=O)C(C)(C)C)c(Br)n1. The molecule has 0 atom stereocenters. The molecule has 0 spiro atoms. The Bertz CT molecular complexity index is 396. The van der Waals surface area contributed by atoms with Crippen molar-refractivity contribution in [3.63, 3.8) is 0 Å². The van der Waals surface area contributed by atoms with Crippen LogP contribution in [0.2, 0.25) is 0 Å². The minimum absolute atomic E-state index is 0.195. The van der Waals surface area contributed by atoms with Gasteiger partial charge in [-0.25, -0.2) is 4.98 Å².